The van der Waals surface area contributed by atoms with Crippen LogP contribution in [0.2, 0.25) is 0 Å². The van der Waals surface area contributed by atoms with Crippen molar-refractivity contribution < 1.29 is 4.39 Å². The van der Waals surface area contributed by atoms with Gasteiger partial charge >= 0.3 is 0 Å². The van der Waals surface area contributed by atoms with Crippen molar-refractivity contribution in [2.45, 2.75) is 17.4 Å². The first-order chi connectivity index (χ1) is 6.72. The maximum Gasteiger partial charge on any atom is 0.128 e. The molecule has 0 atom stereocenters. The first-order valence-electron chi connectivity index (χ1n) is 4.75. The predicted octanol–water partition coefficient (Wildman–Crippen LogP) is 3.87. The maximum atomic E-state index is 13.6. The Morgan fingerprint density at radius 2 is 1.86 bits per heavy atom. The summed E-state index contributed by atoms with van der Waals surface area (Å²) in [5, 5.41) is 0. The van der Waals surface area contributed by atoms with Gasteiger partial charge in [-0.15, -0.1) is 23.5 Å². The Labute approximate surface area is 92.7 Å². The Morgan fingerprint density at radius 1 is 1.21 bits per heavy atom. The third-order valence-electron chi connectivity index (χ3n) is 2.41. The molecule has 0 saturated carbocycles. The van der Waals surface area contributed by atoms with Crippen LogP contribution in [0.4, 0.5) is 4.39 Å². The Morgan fingerprint density at radius 3 is 2.50 bits per heavy atom. The van der Waals surface area contributed by atoms with Crippen LogP contribution < -0.4 is 0 Å². The quantitative estimate of drug-likeness (QED) is 0.715. The minimum Gasteiger partial charge on any atom is -0.207 e. The minimum absolute atomic E-state index is 0.0723. The van der Waals surface area contributed by atoms with Crippen molar-refractivity contribution in [3.8, 4) is 0 Å². The average molecular weight is 228 g/mol. The predicted molar refractivity (Wildman–Crippen MR) is 63.3 cm³/mol. The molecule has 2 rings (SSSR count). The zero-order chi connectivity index (χ0) is 10.0. The largest absolute Gasteiger partial charge is 0.207 e. The van der Waals surface area contributed by atoms with Gasteiger partial charge in [-0.3, -0.25) is 0 Å². The molecule has 0 nitrogen and oxygen atoms in total. The molecule has 14 heavy (non-hydrogen) atoms. The van der Waals surface area contributed by atoms with Crippen LogP contribution in [0.25, 0.3) is 0 Å². The van der Waals surface area contributed by atoms with Gasteiger partial charge in [-0.05, 0) is 30.9 Å². The van der Waals surface area contributed by atoms with Crippen molar-refractivity contribution in [1.29, 1.82) is 0 Å². The molecule has 1 fully saturated rings. The lowest BCUT2D eigenvalue weighted by Gasteiger charge is -2.32. The van der Waals surface area contributed by atoms with E-state index in [0.29, 0.717) is 0 Å². The second-order valence-electron chi connectivity index (χ2n) is 3.48. The van der Waals surface area contributed by atoms with Crippen molar-refractivity contribution in [3.05, 3.63) is 35.6 Å². The molecule has 0 spiro atoms. The second kappa shape index (κ2) is 4.15. The third-order valence-corrected chi connectivity index (χ3v) is 5.64. The summed E-state index contributed by atoms with van der Waals surface area (Å²) in [6, 6.07) is 7.12. The van der Waals surface area contributed by atoms with Crippen LogP contribution in [-0.4, -0.2) is 11.5 Å². The summed E-state index contributed by atoms with van der Waals surface area (Å²) in [5.74, 6) is 2.20. The van der Waals surface area contributed by atoms with Crippen LogP contribution in [0.3, 0.4) is 0 Å². The fraction of sp³-hybridized carbons (Fsp3) is 0.455. The molecule has 0 unspecified atom stereocenters. The number of thioether (sulfide) groups is 2. The molecule has 1 aliphatic rings. The van der Waals surface area contributed by atoms with Crippen LogP contribution in [0, 0.1) is 5.82 Å². The lowest BCUT2D eigenvalue weighted by molar-refractivity contribution is 0.606. The highest BCUT2D eigenvalue weighted by atomic mass is 32.2. The Bertz CT molecular complexity index is 319. The van der Waals surface area contributed by atoms with Gasteiger partial charge in [0.15, 0.2) is 0 Å². The topological polar surface area (TPSA) is 0 Å². The number of hydrogen-bond donors (Lipinski definition) is 0. The Kier molecular flexibility index (Phi) is 3.07. The highest BCUT2D eigenvalue weighted by Crippen LogP contribution is 2.50. The smallest absolute Gasteiger partial charge is 0.128 e. The highest BCUT2D eigenvalue weighted by molar-refractivity contribution is 8.18. The molecular weight excluding hydrogens is 215 g/mol. The van der Waals surface area contributed by atoms with Gasteiger partial charge in [-0.25, -0.2) is 4.39 Å². The van der Waals surface area contributed by atoms with Crippen molar-refractivity contribution in [2.24, 2.45) is 0 Å². The lowest BCUT2D eigenvalue weighted by Crippen LogP contribution is -2.19. The van der Waals surface area contributed by atoms with E-state index in [0.717, 1.165) is 17.1 Å². The first-order valence-corrected chi connectivity index (χ1v) is 6.72. The van der Waals surface area contributed by atoms with E-state index in [2.05, 4.69) is 6.92 Å². The molecule has 0 amide bonds. The van der Waals surface area contributed by atoms with Crippen molar-refractivity contribution >= 4 is 23.5 Å². The second-order valence-corrected chi connectivity index (χ2v) is 6.76. The van der Waals surface area contributed by atoms with Gasteiger partial charge in [0.1, 0.15) is 5.82 Å². The van der Waals surface area contributed by atoms with E-state index in [1.807, 2.05) is 35.7 Å². The monoisotopic (exact) mass is 228 g/mol. The molecule has 1 saturated heterocycles. The van der Waals surface area contributed by atoms with Gasteiger partial charge in [-0.2, -0.15) is 0 Å². The maximum absolute atomic E-state index is 13.6. The van der Waals surface area contributed by atoms with E-state index in [1.165, 1.54) is 6.42 Å². The summed E-state index contributed by atoms with van der Waals surface area (Å²) < 4.78 is 13.5. The molecule has 0 aromatic heterocycles. The van der Waals surface area contributed by atoms with Gasteiger partial charge in [0, 0.05) is 5.56 Å². The minimum atomic E-state index is -0.0798. The number of rotatable bonds is 1. The van der Waals surface area contributed by atoms with Crippen molar-refractivity contribution in [1.82, 2.24) is 0 Å². The normalized spacial score (nSPS) is 20.7. The SMILES string of the molecule is CC1(c2ccccc2F)SCCCS1. The molecule has 1 heterocycles. The van der Waals surface area contributed by atoms with E-state index in [-0.39, 0.29) is 9.90 Å². The fourth-order valence-electron chi connectivity index (χ4n) is 1.62. The van der Waals surface area contributed by atoms with Crippen LogP contribution in [0.5, 0.6) is 0 Å². The molecule has 0 radical (unpaired) electrons. The molecule has 1 aromatic carbocycles. The summed E-state index contributed by atoms with van der Waals surface area (Å²) in [4.78, 5) is 0. The summed E-state index contributed by atoms with van der Waals surface area (Å²) in [6.45, 7) is 2.12. The molecular formula is C11H13FS2. The summed E-state index contributed by atoms with van der Waals surface area (Å²) in [6.07, 6.45) is 1.24. The van der Waals surface area contributed by atoms with Crippen molar-refractivity contribution in [3.63, 3.8) is 0 Å². The average Bonchev–Trinajstić information content (AvgIpc) is 2.19. The standard InChI is InChI=1S/C11H13FS2/c1-11(13-7-4-8-14-11)9-5-2-3-6-10(9)12/h2-3,5-6H,4,7-8H2,1H3. The van der Waals surface area contributed by atoms with Gasteiger partial charge in [-0.1, -0.05) is 18.2 Å². The molecule has 0 aliphatic carbocycles. The van der Waals surface area contributed by atoms with Crippen LogP contribution in [-0.2, 0) is 4.08 Å². The Hall–Kier alpha value is -0.150. The molecule has 1 aromatic rings. The molecule has 0 N–H and O–H groups in total. The molecule has 0 bridgehead atoms. The van der Waals surface area contributed by atoms with E-state index >= 15 is 0 Å². The molecule has 76 valence electrons. The molecule has 1 aliphatic heterocycles. The number of hydrogen-bond acceptors (Lipinski definition) is 2. The highest BCUT2D eigenvalue weighted by Gasteiger charge is 2.32. The van der Waals surface area contributed by atoms with E-state index in [9.17, 15) is 4.39 Å². The van der Waals surface area contributed by atoms with Crippen molar-refractivity contribution in [2.75, 3.05) is 11.5 Å². The third kappa shape index (κ3) is 1.94. The van der Waals surface area contributed by atoms with E-state index in [1.54, 1.807) is 12.1 Å². The zero-order valence-corrected chi connectivity index (χ0v) is 9.76. The number of halogens is 1. The van der Waals surface area contributed by atoms with Gasteiger partial charge in [0.2, 0.25) is 0 Å². The van der Waals surface area contributed by atoms with Gasteiger partial charge in [0.25, 0.3) is 0 Å². The summed E-state index contributed by atoms with van der Waals surface area (Å²) >= 11 is 3.71. The van der Waals surface area contributed by atoms with Crippen LogP contribution in [0.1, 0.15) is 18.9 Å². The molecule has 3 heteroatoms. The van der Waals surface area contributed by atoms with E-state index < -0.39 is 0 Å². The number of benzene rings is 1. The van der Waals surface area contributed by atoms with Crippen LogP contribution in [0.15, 0.2) is 24.3 Å². The van der Waals surface area contributed by atoms with E-state index in [4.69, 9.17) is 0 Å². The first kappa shape index (κ1) is 10.4. The van der Waals surface area contributed by atoms with Gasteiger partial charge < -0.3 is 0 Å². The lowest BCUT2D eigenvalue weighted by atomic mass is 10.1. The fourth-order valence-corrected chi connectivity index (χ4v) is 4.63. The summed E-state index contributed by atoms with van der Waals surface area (Å²) in [5.41, 5.74) is 0.842. The van der Waals surface area contributed by atoms with Crippen LogP contribution >= 0.6 is 23.5 Å². The van der Waals surface area contributed by atoms with Gasteiger partial charge in [0.05, 0.1) is 4.08 Å². The zero-order valence-electron chi connectivity index (χ0n) is 8.13. The Balaban J connectivity index is 2.32. The summed E-state index contributed by atoms with van der Waals surface area (Å²) in [7, 11) is 0.